The van der Waals surface area contributed by atoms with Crippen molar-refractivity contribution in [2.45, 2.75) is 39.3 Å². The van der Waals surface area contributed by atoms with Gasteiger partial charge in [0.25, 0.3) is 0 Å². The van der Waals surface area contributed by atoms with Crippen LogP contribution in [0.2, 0.25) is 0 Å². The van der Waals surface area contributed by atoms with Gasteiger partial charge in [0.05, 0.1) is 13.0 Å². The predicted octanol–water partition coefficient (Wildman–Crippen LogP) is 2.73. The molecule has 0 saturated carbocycles. The van der Waals surface area contributed by atoms with Crippen molar-refractivity contribution in [1.29, 1.82) is 0 Å². The SMILES string of the molecule is COC(=O)[C@H]1CC[C@@H](N(C)C)CN(Cc2cc(=O)oc3c(C)cc(C)cc23)C1. The maximum Gasteiger partial charge on any atom is 0.336 e. The van der Waals surface area contributed by atoms with Crippen LogP contribution in [0.4, 0.5) is 0 Å². The van der Waals surface area contributed by atoms with Crippen LogP contribution in [0.15, 0.2) is 27.4 Å². The van der Waals surface area contributed by atoms with E-state index in [1.54, 1.807) is 6.07 Å². The van der Waals surface area contributed by atoms with Gasteiger partial charge in [0.1, 0.15) is 5.58 Å². The standard InChI is InChI=1S/C22H30N2O4/c1-14-8-15(2)21-19(9-14)17(10-20(25)28-21)12-24-11-16(22(26)27-5)6-7-18(13-24)23(3)4/h8-10,16,18H,6-7,11-13H2,1-5H3/t16-,18+/m0/s1. The number of carbonyl (C=O) groups is 1. The van der Waals surface area contributed by atoms with Gasteiger partial charge < -0.3 is 14.1 Å². The molecule has 0 amide bonds. The number of aryl methyl sites for hydroxylation is 2. The number of fused-ring (bicyclic) bond motifs is 1. The molecule has 6 heteroatoms. The highest BCUT2D eigenvalue weighted by atomic mass is 16.5. The molecule has 1 aromatic carbocycles. The molecule has 28 heavy (non-hydrogen) atoms. The third kappa shape index (κ3) is 4.45. The summed E-state index contributed by atoms with van der Waals surface area (Å²) in [5.74, 6) is -0.307. The molecule has 2 aromatic rings. The first-order chi connectivity index (χ1) is 13.3. The first kappa shape index (κ1) is 20.6. The Kier molecular flexibility index (Phi) is 6.20. The van der Waals surface area contributed by atoms with E-state index in [1.807, 2.05) is 19.9 Å². The zero-order chi connectivity index (χ0) is 20.4. The molecule has 3 rings (SSSR count). The lowest BCUT2D eigenvalue weighted by atomic mass is 10.0. The van der Waals surface area contributed by atoms with Crippen molar-refractivity contribution in [3.8, 4) is 0 Å². The van der Waals surface area contributed by atoms with Crippen molar-refractivity contribution in [3.63, 3.8) is 0 Å². The highest BCUT2D eigenvalue weighted by Crippen LogP contribution is 2.26. The summed E-state index contributed by atoms with van der Waals surface area (Å²) in [5.41, 5.74) is 3.36. The monoisotopic (exact) mass is 386 g/mol. The molecule has 0 aliphatic carbocycles. The molecule has 2 atom stereocenters. The van der Waals surface area contributed by atoms with Gasteiger partial charge in [0.2, 0.25) is 0 Å². The molecule has 2 heterocycles. The lowest BCUT2D eigenvalue weighted by Crippen LogP contribution is -2.39. The minimum Gasteiger partial charge on any atom is -0.469 e. The Morgan fingerprint density at radius 2 is 1.96 bits per heavy atom. The molecular weight excluding hydrogens is 356 g/mol. The minimum atomic E-state index is -0.335. The van der Waals surface area contributed by atoms with Crippen molar-refractivity contribution in [2.75, 3.05) is 34.3 Å². The molecule has 0 bridgehead atoms. The molecular formula is C22H30N2O4. The van der Waals surface area contributed by atoms with Crippen molar-refractivity contribution in [1.82, 2.24) is 9.80 Å². The molecule has 1 saturated heterocycles. The molecule has 1 fully saturated rings. The van der Waals surface area contributed by atoms with Gasteiger partial charge in [-0.25, -0.2) is 4.79 Å². The summed E-state index contributed by atoms with van der Waals surface area (Å²) < 4.78 is 10.5. The number of hydrogen-bond donors (Lipinski definition) is 0. The van der Waals surface area contributed by atoms with Gasteiger partial charge in [-0.05, 0) is 63.5 Å². The number of nitrogens with zero attached hydrogens (tertiary/aromatic N) is 2. The van der Waals surface area contributed by atoms with Crippen LogP contribution in [0.1, 0.15) is 29.5 Å². The van der Waals surface area contributed by atoms with Crippen molar-refractivity contribution < 1.29 is 13.9 Å². The second-order valence-corrected chi connectivity index (χ2v) is 8.16. The van der Waals surface area contributed by atoms with E-state index in [9.17, 15) is 9.59 Å². The number of likely N-dealkylation sites (N-methyl/N-ethyl adjacent to an activating group) is 1. The largest absolute Gasteiger partial charge is 0.469 e. The zero-order valence-corrected chi connectivity index (χ0v) is 17.4. The molecule has 0 radical (unpaired) electrons. The van der Waals surface area contributed by atoms with Gasteiger partial charge >= 0.3 is 11.6 Å². The zero-order valence-electron chi connectivity index (χ0n) is 17.4. The van der Waals surface area contributed by atoms with E-state index in [0.29, 0.717) is 24.7 Å². The van der Waals surface area contributed by atoms with Crippen LogP contribution in [-0.4, -0.2) is 56.1 Å². The average Bonchev–Trinajstić information content (AvgIpc) is 2.85. The molecule has 152 valence electrons. The number of hydrogen-bond acceptors (Lipinski definition) is 6. The molecule has 1 aliphatic rings. The van der Waals surface area contributed by atoms with Crippen LogP contribution >= 0.6 is 0 Å². The van der Waals surface area contributed by atoms with Crippen LogP contribution in [0.25, 0.3) is 11.0 Å². The lowest BCUT2D eigenvalue weighted by molar-refractivity contribution is -0.146. The van der Waals surface area contributed by atoms with Crippen LogP contribution < -0.4 is 5.63 Å². The van der Waals surface area contributed by atoms with Crippen LogP contribution in [0.5, 0.6) is 0 Å². The van der Waals surface area contributed by atoms with E-state index in [-0.39, 0.29) is 17.5 Å². The molecule has 0 spiro atoms. The second kappa shape index (κ2) is 8.45. The summed E-state index contributed by atoms with van der Waals surface area (Å²) in [7, 11) is 5.59. The van der Waals surface area contributed by atoms with Crippen molar-refractivity contribution >= 4 is 16.9 Å². The van der Waals surface area contributed by atoms with Gasteiger partial charge in [0, 0.05) is 37.1 Å². The fourth-order valence-corrected chi connectivity index (χ4v) is 4.22. The van der Waals surface area contributed by atoms with E-state index in [4.69, 9.17) is 9.15 Å². The summed E-state index contributed by atoms with van der Waals surface area (Å²) in [4.78, 5) is 28.9. The van der Waals surface area contributed by atoms with Gasteiger partial charge in [-0.2, -0.15) is 0 Å². The van der Waals surface area contributed by atoms with Crippen LogP contribution in [0, 0.1) is 19.8 Å². The quantitative estimate of drug-likeness (QED) is 0.595. The van der Waals surface area contributed by atoms with Gasteiger partial charge in [-0.1, -0.05) is 6.07 Å². The van der Waals surface area contributed by atoms with E-state index >= 15 is 0 Å². The topological polar surface area (TPSA) is 63.0 Å². The first-order valence-electron chi connectivity index (χ1n) is 9.79. The highest BCUT2D eigenvalue weighted by molar-refractivity contribution is 5.83. The molecule has 6 nitrogen and oxygen atoms in total. The second-order valence-electron chi connectivity index (χ2n) is 8.16. The van der Waals surface area contributed by atoms with Gasteiger partial charge in [-0.3, -0.25) is 9.69 Å². The van der Waals surface area contributed by atoms with E-state index in [2.05, 4.69) is 30.0 Å². The van der Waals surface area contributed by atoms with Crippen molar-refractivity contribution in [2.24, 2.45) is 5.92 Å². The third-order valence-corrected chi connectivity index (χ3v) is 5.71. The number of benzene rings is 1. The normalized spacial score (nSPS) is 21.1. The van der Waals surface area contributed by atoms with E-state index in [1.165, 1.54) is 7.11 Å². The van der Waals surface area contributed by atoms with Gasteiger partial charge in [-0.15, -0.1) is 0 Å². The maximum absolute atomic E-state index is 12.2. The summed E-state index contributed by atoms with van der Waals surface area (Å²) in [6, 6.07) is 6.03. The Hall–Kier alpha value is -2.18. The molecule has 1 aromatic heterocycles. The Bertz CT molecular complexity index is 919. The number of esters is 1. The average molecular weight is 386 g/mol. The highest BCUT2D eigenvalue weighted by Gasteiger charge is 2.30. The fourth-order valence-electron chi connectivity index (χ4n) is 4.22. The summed E-state index contributed by atoms with van der Waals surface area (Å²) >= 11 is 0. The van der Waals surface area contributed by atoms with E-state index in [0.717, 1.165) is 41.5 Å². The third-order valence-electron chi connectivity index (χ3n) is 5.71. The van der Waals surface area contributed by atoms with Crippen LogP contribution in [0.3, 0.4) is 0 Å². The lowest BCUT2D eigenvalue weighted by Gasteiger charge is -2.29. The Morgan fingerprint density at radius 1 is 1.21 bits per heavy atom. The number of rotatable bonds is 4. The minimum absolute atomic E-state index is 0.148. The number of carbonyl (C=O) groups excluding carboxylic acids is 1. The summed E-state index contributed by atoms with van der Waals surface area (Å²) in [6.07, 6.45) is 1.75. The van der Waals surface area contributed by atoms with Gasteiger partial charge in [0.15, 0.2) is 0 Å². The molecule has 0 N–H and O–H groups in total. The Labute approximate surface area is 166 Å². The van der Waals surface area contributed by atoms with E-state index < -0.39 is 0 Å². The molecule has 1 aliphatic heterocycles. The first-order valence-corrected chi connectivity index (χ1v) is 9.79. The maximum atomic E-state index is 12.2. The number of likely N-dealkylation sites (tertiary alicyclic amines) is 1. The predicted molar refractivity (Wildman–Crippen MR) is 109 cm³/mol. The number of methoxy groups -OCH3 is 1. The fraction of sp³-hybridized carbons (Fsp3) is 0.545. The molecule has 0 unspecified atom stereocenters. The Balaban J connectivity index is 1.97. The smallest absolute Gasteiger partial charge is 0.336 e. The number of ether oxygens (including phenoxy) is 1. The van der Waals surface area contributed by atoms with Crippen molar-refractivity contribution in [3.05, 3.63) is 45.3 Å². The summed E-state index contributed by atoms with van der Waals surface area (Å²) in [6.45, 7) is 6.07. The van der Waals surface area contributed by atoms with Crippen LogP contribution in [-0.2, 0) is 16.1 Å². The summed E-state index contributed by atoms with van der Waals surface area (Å²) in [5, 5.41) is 0.970. The Morgan fingerprint density at radius 3 is 2.64 bits per heavy atom.